The fraction of sp³-hybridized carbons (Fsp3) is 0.0769. The van der Waals surface area contributed by atoms with Gasteiger partial charge in [0.1, 0.15) is 0 Å². The number of hydrogen-bond acceptors (Lipinski definition) is 1. The van der Waals surface area contributed by atoms with Gasteiger partial charge in [0, 0.05) is 27.9 Å². The smallest absolute Gasteiger partial charge is 0.0726 e. The van der Waals surface area contributed by atoms with E-state index in [0.29, 0.717) is 0 Å². The number of hydrogen-bond donors (Lipinski definition) is 0. The van der Waals surface area contributed by atoms with E-state index in [1.165, 1.54) is 128 Å². The van der Waals surface area contributed by atoms with Crippen LogP contribution in [0.1, 0.15) is 70.8 Å². The van der Waals surface area contributed by atoms with Crippen LogP contribution >= 0.6 is 0 Å². The number of fused-ring (bicyclic) bond motifs is 16. The molecule has 79 heavy (non-hydrogen) atoms. The SMILES string of the molecule is CC1(C)c2ccccc2-c2cccc(-c3ccccc3-c3ccc(N(c4ccc(-c5ccc6c(c5)C(C)(c5ccccc5)c5ccccc5-6)cc4)c4ccc5c(c4)C4(c6ccccc6-c6ccccc64)c4ccccc4-5)cc3)c21. The molecule has 1 unspecified atom stereocenters. The third kappa shape index (κ3) is 6.33. The van der Waals surface area contributed by atoms with Gasteiger partial charge in [0.2, 0.25) is 0 Å². The first-order valence-corrected chi connectivity index (χ1v) is 27.9. The Hall–Kier alpha value is -9.56. The van der Waals surface area contributed by atoms with Crippen LogP contribution in [0.25, 0.3) is 77.9 Å². The van der Waals surface area contributed by atoms with E-state index in [0.717, 1.165) is 17.1 Å². The molecule has 0 heterocycles. The molecule has 16 rings (SSSR count). The fourth-order valence-corrected chi connectivity index (χ4v) is 15.1. The largest absolute Gasteiger partial charge is 0.310 e. The van der Waals surface area contributed by atoms with Crippen LogP contribution in [0.5, 0.6) is 0 Å². The van der Waals surface area contributed by atoms with Crippen LogP contribution < -0.4 is 4.90 Å². The Morgan fingerprint density at radius 2 is 0.633 bits per heavy atom. The number of nitrogens with zero attached hydrogens (tertiary/aromatic N) is 1. The Balaban J connectivity index is 0.845. The lowest BCUT2D eigenvalue weighted by Crippen LogP contribution is -2.26. The van der Waals surface area contributed by atoms with E-state index in [1.54, 1.807) is 0 Å². The molecular weight excluding hydrogens is 951 g/mol. The lowest BCUT2D eigenvalue weighted by atomic mass is 9.70. The molecule has 0 aromatic heterocycles. The van der Waals surface area contributed by atoms with Crippen LogP contribution in [0.15, 0.2) is 279 Å². The van der Waals surface area contributed by atoms with Gasteiger partial charge in [-0.2, -0.15) is 0 Å². The number of anilines is 3. The Kier molecular flexibility index (Phi) is 9.80. The Morgan fingerprint density at radius 3 is 1.23 bits per heavy atom. The summed E-state index contributed by atoms with van der Waals surface area (Å²) >= 11 is 0. The van der Waals surface area contributed by atoms with Crippen molar-refractivity contribution in [3.8, 4) is 77.9 Å². The third-order valence-corrected chi connectivity index (χ3v) is 18.6. The highest BCUT2D eigenvalue weighted by Gasteiger charge is 2.52. The topological polar surface area (TPSA) is 3.24 Å². The third-order valence-electron chi connectivity index (χ3n) is 18.6. The van der Waals surface area contributed by atoms with Gasteiger partial charge in [0.25, 0.3) is 0 Å². The minimum absolute atomic E-state index is 0.136. The highest BCUT2D eigenvalue weighted by molar-refractivity contribution is 5.98. The Bertz CT molecular complexity index is 4400. The van der Waals surface area contributed by atoms with Crippen LogP contribution in [0, 0.1) is 0 Å². The van der Waals surface area contributed by atoms with E-state index in [2.05, 4.69) is 305 Å². The molecule has 12 aromatic carbocycles. The first-order valence-electron chi connectivity index (χ1n) is 27.9. The molecule has 0 saturated carbocycles. The van der Waals surface area contributed by atoms with E-state index >= 15 is 0 Å². The van der Waals surface area contributed by atoms with Crippen LogP contribution in [0.3, 0.4) is 0 Å². The van der Waals surface area contributed by atoms with Crippen molar-refractivity contribution in [2.75, 3.05) is 4.90 Å². The van der Waals surface area contributed by atoms with Gasteiger partial charge in [0.15, 0.2) is 0 Å². The average Bonchev–Trinajstić information content (AvgIpc) is 3.70. The molecular formula is C78H55N. The van der Waals surface area contributed by atoms with Crippen LogP contribution in [-0.4, -0.2) is 0 Å². The first-order chi connectivity index (χ1) is 38.8. The maximum Gasteiger partial charge on any atom is 0.0726 e. The van der Waals surface area contributed by atoms with E-state index in [9.17, 15) is 0 Å². The summed E-state index contributed by atoms with van der Waals surface area (Å²) in [5, 5.41) is 0. The van der Waals surface area contributed by atoms with Crippen LogP contribution in [0.4, 0.5) is 17.1 Å². The van der Waals surface area contributed by atoms with Crippen LogP contribution in [0.2, 0.25) is 0 Å². The van der Waals surface area contributed by atoms with Gasteiger partial charge in [-0.15, -0.1) is 0 Å². The summed E-state index contributed by atoms with van der Waals surface area (Å²) in [5.41, 5.74) is 32.4. The van der Waals surface area contributed by atoms with Gasteiger partial charge >= 0.3 is 0 Å². The number of rotatable bonds is 7. The highest BCUT2D eigenvalue weighted by Crippen LogP contribution is 2.64. The highest BCUT2D eigenvalue weighted by atomic mass is 15.1. The van der Waals surface area contributed by atoms with Crippen molar-refractivity contribution < 1.29 is 0 Å². The van der Waals surface area contributed by atoms with E-state index in [1.807, 2.05) is 0 Å². The van der Waals surface area contributed by atoms with Crippen molar-refractivity contribution in [3.63, 3.8) is 0 Å². The molecule has 0 fully saturated rings. The Labute approximate surface area is 463 Å². The molecule has 1 spiro atoms. The molecule has 4 aliphatic rings. The fourth-order valence-electron chi connectivity index (χ4n) is 15.1. The average molecular weight is 1010 g/mol. The summed E-state index contributed by atoms with van der Waals surface area (Å²) in [7, 11) is 0. The van der Waals surface area contributed by atoms with Gasteiger partial charge in [-0.1, -0.05) is 250 Å². The minimum Gasteiger partial charge on any atom is -0.310 e. The summed E-state index contributed by atoms with van der Waals surface area (Å²) in [4.78, 5) is 2.47. The quantitative estimate of drug-likeness (QED) is 0.154. The lowest BCUT2D eigenvalue weighted by molar-refractivity contribution is 0.662. The molecule has 0 amide bonds. The minimum atomic E-state index is -0.465. The lowest BCUT2D eigenvalue weighted by Gasteiger charge is -2.32. The van der Waals surface area contributed by atoms with E-state index < -0.39 is 5.41 Å². The summed E-state index contributed by atoms with van der Waals surface area (Å²) in [5.74, 6) is 0. The van der Waals surface area contributed by atoms with Crippen molar-refractivity contribution in [1.29, 1.82) is 0 Å². The first kappa shape index (κ1) is 45.6. The van der Waals surface area contributed by atoms with Crippen molar-refractivity contribution in [2.45, 2.75) is 37.0 Å². The van der Waals surface area contributed by atoms with Crippen molar-refractivity contribution in [3.05, 3.63) is 329 Å². The predicted molar refractivity (Wildman–Crippen MR) is 329 cm³/mol. The van der Waals surface area contributed by atoms with Crippen molar-refractivity contribution in [1.82, 2.24) is 0 Å². The molecule has 0 N–H and O–H groups in total. The number of benzene rings is 12. The van der Waals surface area contributed by atoms with Gasteiger partial charge in [-0.25, -0.2) is 0 Å². The molecule has 12 aromatic rings. The van der Waals surface area contributed by atoms with Gasteiger partial charge < -0.3 is 4.90 Å². The molecule has 1 nitrogen and oxygen atoms in total. The summed E-state index contributed by atoms with van der Waals surface area (Å²) in [6, 6.07) is 105. The molecule has 4 aliphatic carbocycles. The normalized spacial score (nSPS) is 15.8. The molecule has 0 radical (unpaired) electrons. The van der Waals surface area contributed by atoms with Crippen molar-refractivity contribution in [2.24, 2.45) is 0 Å². The standard InChI is InChI=1S/C78H55N/c1-76(2)68-31-14-9-28-63(68)67-30-19-29-66(75(67)76)58-23-8-7-22-57(58)51-38-43-55(44-39-51)79(54-41-36-50(37-42-54)52-40-46-64-59-24-10-15-32-69(59)77(3,73(64)48-52)53-20-5-4-6-21-53)56-45-47-65-62-27-13-18-35-72(62)78(74(65)49-56)70-33-16-11-25-60(70)61-26-12-17-34-71(61)78/h4-49H,1-3H3. The molecule has 0 saturated heterocycles. The summed E-state index contributed by atoms with van der Waals surface area (Å²) in [6.07, 6.45) is 0. The van der Waals surface area contributed by atoms with Crippen LogP contribution in [-0.2, 0) is 16.2 Å². The molecule has 372 valence electrons. The monoisotopic (exact) mass is 1010 g/mol. The zero-order valence-electron chi connectivity index (χ0n) is 44.5. The van der Waals surface area contributed by atoms with E-state index in [4.69, 9.17) is 0 Å². The molecule has 0 aliphatic heterocycles. The van der Waals surface area contributed by atoms with Crippen molar-refractivity contribution >= 4 is 17.1 Å². The second-order valence-corrected chi connectivity index (χ2v) is 22.8. The zero-order valence-corrected chi connectivity index (χ0v) is 44.5. The second kappa shape index (κ2) is 17.0. The maximum atomic E-state index is 2.50. The van der Waals surface area contributed by atoms with Gasteiger partial charge in [0.05, 0.1) is 5.41 Å². The van der Waals surface area contributed by atoms with E-state index in [-0.39, 0.29) is 10.8 Å². The maximum absolute atomic E-state index is 2.50. The van der Waals surface area contributed by atoms with Gasteiger partial charge in [-0.05, 0) is 177 Å². The Morgan fingerprint density at radius 1 is 0.241 bits per heavy atom. The molecule has 0 bridgehead atoms. The molecule has 1 heteroatoms. The summed E-state index contributed by atoms with van der Waals surface area (Å²) < 4.78 is 0. The second-order valence-electron chi connectivity index (χ2n) is 22.8. The predicted octanol–water partition coefficient (Wildman–Crippen LogP) is 20.1. The zero-order chi connectivity index (χ0) is 52.6. The molecule has 1 atom stereocenters. The van der Waals surface area contributed by atoms with Gasteiger partial charge in [-0.3, -0.25) is 0 Å². The summed E-state index contributed by atoms with van der Waals surface area (Å²) in [6.45, 7) is 7.17.